The molecule has 1 atom stereocenters. The van der Waals surface area contributed by atoms with Crippen LogP contribution >= 0.6 is 0 Å². The highest BCUT2D eigenvalue weighted by Crippen LogP contribution is 2.36. The summed E-state index contributed by atoms with van der Waals surface area (Å²) < 4.78 is 31.4. The molecule has 1 unspecified atom stereocenters. The predicted octanol–water partition coefficient (Wildman–Crippen LogP) is 0.778. The molecule has 0 aliphatic carbocycles. The lowest BCUT2D eigenvalue weighted by Gasteiger charge is -2.26. The number of hydrogen-bond acceptors (Lipinski definition) is 10. The smallest absolute Gasteiger partial charge is 0.271 e. The van der Waals surface area contributed by atoms with Crippen LogP contribution in [0.25, 0.3) is 5.69 Å². The van der Waals surface area contributed by atoms with Crippen LogP contribution in [0.4, 0.5) is 17.3 Å². The van der Waals surface area contributed by atoms with Crippen LogP contribution in [-0.2, 0) is 24.8 Å². The van der Waals surface area contributed by atoms with Crippen LogP contribution in [0.5, 0.6) is 0 Å². The van der Waals surface area contributed by atoms with Crippen LogP contribution in [0.2, 0.25) is 0 Å². The summed E-state index contributed by atoms with van der Waals surface area (Å²) in [5.41, 5.74) is -0.124. The molecule has 4 rings (SSSR count). The Morgan fingerprint density at radius 1 is 1.29 bits per heavy atom. The lowest BCUT2D eigenvalue weighted by Crippen LogP contribution is -2.31. The van der Waals surface area contributed by atoms with E-state index < -0.39 is 20.8 Å². The molecular weight excluding hydrogens is 476 g/mol. The number of nitrogens with zero attached hydrogens (tertiary/aromatic N) is 4. The Kier molecular flexibility index (Phi) is 6.65. The minimum atomic E-state index is -3.71. The van der Waals surface area contributed by atoms with Gasteiger partial charge >= 0.3 is 0 Å². The normalized spacial score (nSPS) is 17.8. The lowest BCUT2D eigenvalue weighted by atomic mass is 9.81. The molecule has 1 amide bonds. The summed E-state index contributed by atoms with van der Waals surface area (Å²) in [5.74, 6) is -0.00657. The molecule has 3 aromatic heterocycles. The molecule has 0 spiro atoms. The van der Waals surface area contributed by atoms with Crippen molar-refractivity contribution in [1.29, 1.82) is 0 Å². The average Bonchev–Trinajstić information content (AvgIpc) is 3.29. The van der Waals surface area contributed by atoms with Crippen LogP contribution in [0, 0.1) is 0 Å². The first kappa shape index (κ1) is 24.4. The number of pyridine rings is 2. The molecule has 3 aromatic rings. The van der Waals surface area contributed by atoms with Crippen molar-refractivity contribution in [2.24, 2.45) is 0 Å². The second-order valence-corrected chi connectivity index (χ2v) is 10.2. The van der Waals surface area contributed by atoms with Gasteiger partial charge in [0.2, 0.25) is 5.91 Å². The number of hydrogen-bond donors (Lipinski definition) is 3. The van der Waals surface area contributed by atoms with Crippen molar-refractivity contribution in [3.63, 3.8) is 0 Å². The number of nitrogens with one attached hydrogen (secondary N) is 2. The van der Waals surface area contributed by atoms with Crippen LogP contribution in [0.1, 0.15) is 18.9 Å². The SMILES string of the molecule is CC(=O)Nc1cc(Nc2cc(C3(CO)CCOC3)cc(S(C)(=O)=O)n2)c(-n2ncccc2=O)cn1. The zero-order valence-electron chi connectivity index (χ0n) is 19.1. The van der Waals surface area contributed by atoms with E-state index in [2.05, 4.69) is 25.7 Å². The molecule has 1 saturated heterocycles. The number of carbonyl (C=O) groups excluding carboxylic acids is 1. The van der Waals surface area contributed by atoms with Gasteiger partial charge in [0.1, 0.15) is 17.3 Å². The topological polar surface area (TPSA) is 165 Å². The zero-order chi connectivity index (χ0) is 25.2. The van der Waals surface area contributed by atoms with Crippen LogP contribution in [0.15, 0.2) is 52.5 Å². The van der Waals surface area contributed by atoms with E-state index in [9.17, 15) is 23.1 Å². The molecule has 184 valence electrons. The van der Waals surface area contributed by atoms with Crippen LogP contribution in [-0.4, -0.2) is 65.3 Å². The molecule has 0 radical (unpaired) electrons. The van der Waals surface area contributed by atoms with E-state index in [4.69, 9.17) is 4.74 Å². The molecule has 1 fully saturated rings. The van der Waals surface area contributed by atoms with Crippen LogP contribution < -0.4 is 16.2 Å². The van der Waals surface area contributed by atoms with Gasteiger partial charge in [-0.15, -0.1) is 0 Å². The maximum absolute atomic E-state index is 12.4. The van der Waals surface area contributed by atoms with Gasteiger partial charge in [-0.1, -0.05) is 0 Å². The van der Waals surface area contributed by atoms with Gasteiger partial charge in [-0.2, -0.15) is 9.78 Å². The highest BCUT2D eigenvalue weighted by atomic mass is 32.2. The summed E-state index contributed by atoms with van der Waals surface area (Å²) in [6.07, 6.45) is 4.33. The molecule has 12 nitrogen and oxygen atoms in total. The highest BCUT2D eigenvalue weighted by Gasteiger charge is 2.37. The van der Waals surface area contributed by atoms with Gasteiger partial charge < -0.3 is 20.5 Å². The molecule has 0 saturated carbocycles. The minimum Gasteiger partial charge on any atom is -0.395 e. The third kappa shape index (κ3) is 5.21. The number of amides is 1. The summed E-state index contributed by atoms with van der Waals surface area (Å²) in [5, 5.41) is 19.6. The quantitative estimate of drug-likeness (QED) is 0.422. The highest BCUT2D eigenvalue weighted by molar-refractivity contribution is 7.90. The molecule has 3 N–H and O–H groups in total. The first-order valence-corrected chi connectivity index (χ1v) is 12.5. The number of carbonyl (C=O) groups is 1. The summed E-state index contributed by atoms with van der Waals surface area (Å²) in [6, 6.07) is 7.36. The Morgan fingerprint density at radius 3 is 2.71 bits per heavy atom. The largest absolute Gasteiger partial charge is 0.395 e. The molecule has 0 aromatic carbocycles. The fourth-order valence-corrected chi connectivity index (χ4v) is 4.36. The standard InChI is InChI=1S/C22H24N6O6S/c1-14(30)25-18-10-16(17(11-23-18)28-21(31)4-3-6-24-28)26-19-8-15(9-20(27-19)35(2,32)33)22(12-29)5-7-34-13-22/h3-4,6,8-11,29H,5,7,12-13H2,1-2H3,(H2,23,25,26,27,30). The van der Waals surface area contributed by atoms with E-state index in [0.717, 1.165) is 10.9 Å². The van der Waals surface area contributed by atoms with Crippen LogP contribution in [0.3, 0.4) is 0 Å². The van der Waals surface area contributed by atoms with Crippen molar-refractivity contribution in [2.75, 3.05) is 36.7 Å². The van der Waals surface area contributed by atoms with E-state index in [0.29, 0.717) is 18.6 Å². The van der Waals surface area contributed by atoms with Crippen molar-refractivity contribution >= 4 is 33.1 Å². The van der Waals surface area contributed by atoms with Crippen molar-refractivity contribution in [1.82, 2.24) is 19.7 Å². The number of aliphatic hydroxyl groups excluding tert-OH is 1. The molecular formula is C22H24N6O6S. The second kappa shape index (κ2) is 9.52. The third-order valence-corrected chi connectivity index (χ3v) is 6.56. The molecule has 0 bridgehead atoms. The molecule has 4 heterocycles. The first-order chi connectivity index (χ1) is 16.6. The Labute approximate surface area is 200 Å². The first-order valence-electron chi connectivity index (χ1n) is 10.6. The third-order valence-electron chi connectivity index (χ3n) is 5.59. The molecule has 35 heavy (non-hydrogen) atoms. The lowest BCUT2D eigenvalue weighted by molar-refractivity contribution is -0.114. The summed E-state index contributed by atoms with van der Waals surface area (Å²) in [7, 11) is -3.71. The van der Waals surface area contributed by atoms with Gasteiger partial charge in [0.15, 0.2) is 14.9 Å². The molecule has 1 aliphatic heterocycles. The van der Waals surface area contributed by atoms with Crippen molar-refractivity contribution in [3.05, 3.63) is 58.6 Å². The van der Waals surface area contributed by atoms with Crippen molar-refractivity contribution in [2.45, 2.75) is 23.8 Å². The minimum absolute atomic E-state index is 0.146. The van der Waals surface area contributed by atoms with E-state index in [1.807, 2.05) is 0 Å². The van der Waals surface area contributed by atoms with Gasteiger partial charge in [-0.25, -0.2) is 18.4 Å². The fraction of sp³-hybridized carbons (Fsp3) is 0.318. The number of ether oxygens (including phenoxy) is 1. The van der Waals surface area contributed by atoms with Crippen molar-refractivity contribution in [3.8, 4) is 5.69 Å². The predicted molar refractivity (Wildman–Crippen MR) is 127 cm³/mol. The van der Waals surface area contributed by atoms with Crippen molar-refractivity contribution < 1.29 is 23.1 Å². The Morgan fingerprint density at radius 2 is 2.09 bits per heavy atom. The average molecular weight is 501 g/mol. The molecule has 13 heteroatoms. The fourth-order valence-electron chi connectivity index (χ4n) is 3.76. The second-order valence-electron chi connectivity index (χ2n) is 8.26. The zero-order valence-corrected chi connectivity index (χ0v) is 19.9. The summed E-state index contributed by atoms with van der Waals surface area (Å²) >= 11 is 0. The van der Waals surface area contributed by atoms with Gasteiger partial charge in [0, 0.05) is 43.5 Å². The monoisotopic (exact) mass is 500 g/mol. The van der Waals surface area contributed by atoms with Gasteiger partial charge in [0.25, 0.3) is 5.56 Å². The number of sulfone groups is 1. The number of rotatable bonds is 7. The number of aliphatic hydroxyl groups is 1. The Bertz CT molecular complexity index is 1430. The van der Waals surface area contributed by atoms with Gasteiger partial charge in [0.05, 0.1) is 25.1 Å². The van der Waals surface area contributed by atoms with E-state index >= 15 is 0 Å². The van der Waals surface area contributed by atoms with E-state index in [1.54, 1.807) is 6.07 Å². The summed E-state index contributed by atoms with van der Waals surface area (Å²) in [4.78, 5) is 32.4. The number of anilines is 3. The van der Waals surface area contributed by atoms with Gasteiger partial charge in [-0.3, -0.25) is 9.59 Å². The maximum atomic E-state index is 12.4. The Balaban J connectivity index is 1.87. The molecule has 1 aliphatic rings. The van der Waals surface area contributed by atoms with E-state index in [-0.39, 0.29) is 47.2 Å². The Hall–Kier alpha value is -3.68. The maximum Gasteiger partial charge on any atom is 0.271 e. The van der Waals surface area contributed by atoms with Gasteiger partial charge in [-0.05, 0) is 30.2 Å². The van der Waals surface area contributed by atoms with E-state index in [1.165, 1.54) is 43.6 Å². The summed E-state index contributed by atoms with van der Waals surface area (Å²) in [6.45, 7) is 1.74. The number of aromatic nitrogens is 4.